The molecule has 108 valence electrons. The number of rotatable bonds is 6. The standard InChI is InChI=1S/C16H29NOSi/c1-12(2)19(13(3)4,14(5)6)10-9-15-7-8-16(18)11-17-15/h7-8,11-14,18H,9-10H2,1-6H3. The molecule has 1 aromatic rings. The maximum absolute atomic E-state index is 9.30. The highest BCUT2D eigenvalue weighted by Gasteiger charge is 2.41. The lowest BCUT2D eigenvalue weighted by molar-refractivity contribution is 0.472. The smallest absolute Gasteiger partial charge is 0.133 e. The predicted octanol–water partition coefficient (Wildman–Crippen LogP) is 5.01. The van der Waals surface area contributed by atoms with Gasteiger partial charge in [0.05, 0.1) is 14.3 Å². The molecule has 0 bridgehead atoms. The summed E-state index contributed by atoms with van der Waals surface area (Å²) in [6.07, 6.45) is 2.60. The van der Waals surface area contributed by atoms with Crippen molar-refractivity contribution < 1.29 is 5.11 Å². The molecule has 0 radical (unpaired) electrons. The summed E-state index contributed by atoms with van der Waals surface area (Å²) in [6, 6.07) is 4.99. The van der Waals surface area contributed by atoms with Crippen LogP contribution in [0.2, 0.25) is 22.7 Å². The Morgan fingerprint density at radius 2 is 1.53 bits per heavy atom. The van der Waals surface area contributed by atoms with Crippen LogP contribution in [0, 0.1) is 0 Å². The van der Waals surface area contributed by atoms with E-state index in [-0.39, 0.29) is 5.75 Å². The normalized spacial score (nSPS) is 12.7. The van der Waals surface area contributed by atoms with Crippen LogP contribution in [0.15, 0.2) is 18.3 Å². The van der Waals surface area contributed by atoms with Crippen LogP contribution in [-0.2, 0) is 6.42 Å². The second-order valence-corrected chi connectivity index (χ2v) is 12.8. The molecular weight excluding hydrogens is 250 g/mol. The van der Waals surface area contributed by atoms with E-state index in [9.17, 15) is 5.11 Å². The lowest BCUT2D eigenvalue weighted by Crippen LogP contribution is -2.44. The van der Waals surface area contributed by atoms with E-state index >= 15 is 0 Å². The van der Waals surface area contributed by atoms with Crippen molar-refractivity contribution in [3.63, 3.8) is 0 Å². The average Bonchev–Trinajstić information content (AvgIpc) is 2.30. The van der Waals surface area contributed by atoms with Gasteiger partial charge in [0, 0.05) is 5.69 Å². The summed E-state index contributed by atoms with van der Waals surface area (Å²) in [6.45, 7) is 14.4. The largest absolute Gasteiger partial charge is 0.506 e. The summed E-state index contributed by atoms with van der Waals surface area (Å²) in [5, 5.41) is 9.30. The van der Waals surface area contributed by atoms with Crippen molar-refractivity contribution in [2.75, 3.05) is 0 Å². The maximum Gasteiger partial charge on any atom is 0.133 e. The van der Waals surface area contributed by atoms with E-state index in [1.807, 2.05) is 6.07 Å². The van der Waals surface area contributed by atoms with Crippen LogP contribution in [0.5, 0.6) is 5.75 Å². The highest BCUT2D eigenvalue weighted by Crippen LogP contribution is 2.44. The van der Waals surface area contributed by atoms with E-state index in [0.29, 0.717) is 0 Å². The first kappa shape index (κ1) is 16.2. The molecule has 0 atom stereocenters. The Kier molecular flexibility index (Phi) is 5.59. The highest BCUT2D eigenvalue weighted by molar-refractivity contribution is 6.83. The topological polar surface area (TPSA) is 33.1 Å². The van der Waals surface area contributed by atoms with Gasteiger partial charge >= 0.3 is 0 Å². The number of aromatic hydroxyl groups is 1. The van der Waals surface area contributed by atoms with Gasteiger partial charge in [-0.15, -0.1) is 0 Å². The molecule has 1 rings (SSSR count). The quantitative estimate of drug-likeness (QED) is 0.743. The molecule has 0 saturated carbocycles. The molecule has 0 unspecified atom stereocenters. The molecule has 2 nitrogen and oxygen atoms in total. The number of hydrogen-bond donors (Lipinski definition) is 1. The summed E-state index contributed by atoms with van der Waals surface area (Å²) in [4.78, 5) is 4.33. The highest BCUT2D eigenvalue weighted by atomic mass is 28.3. The first-order valence-corrected chi connectivity index (χ1v) is 9.88. The summed E-state index contributed by atoms with van der Waals surface area (Å²) in [7, 11) is -1.33. The summed E-state index contributed by atoms with van der Waals surface area (Å²) >= 11 is 0. The molecule has 19 heavy (non-hydrogen) atoms. The van der Waals surface area contributed by atoms with Crippen molar-refractivity contribution in [2.24, 2.45) is 0 Å². The van der Waals surface area contributed by atoms with E-state index in [1.54, 1.807) is 12.3 Å². The van der Waals surface area contributed by atoms with Gasteiger partial charge in [-0.2, -0.15) is 0 Å². The molecule has 0 spiro atoms. The van der Waals surface area contributed by atoms with Crippen LogP contribution in [-0.4, -0.2) is 18.2 Å². The second-order valence-electron chi connectivity index (χ2n) is 6.58. The van der Waals surface area contributed by atoms with Crippen molar-refractivity contribution in [3.8, 4) is 5.75 Å². The van der Waals surface area contributed by atoms with Gasteiger partial charge in [-0.3, -0.25) is 4.98 Å². The Bertz CT molecular complexity index is 362. The van der Waals surface area contributed by atoms with Crippen LogP contribution in [0.4, 0.5) is 0 Å². The molecular formula is C16H29NOSi. The number of aromatic nitrogens is 1. The third-order valence-electron chi connectivity index (χ3n) is 4.85. The average molecular weight is 280 g/mol. The Morgan fingerprint density at radius 1 is 1.00 bits per heavy atom. The Hall–Kier alpha value is -0.833. The van der Waals surface area contributed by atoms with Crippen LogP contribution < -0.4 is 0 Å². The van der Waals surface area contributed by atoms with E-state index in [2.05, 4.69) is 46.5 Å². The Labute approximate surface area is 119 Å². The van der Waals surface area contributed by atoms with E-state index in [1.165, 1.54) is 6.04 Å². The molecule has 1 N–H and O–H groups in total. The molecule has 0 amide bonds. The third kappa shape index (κ3) is 3.59. The van der Waals surface area contributed by atoms with E-state index in [4.69, 9.17) is 0 Å². The molecule has 1 aromatic heterocycles. The fourth-order valence-corrected chi connectivity index (χ4v) is 10.2. The van der Waals surface area contributed by atoms with Crippen LogP contribution >= 0.6 is 0 Å². The molecule has 0 aromatic carbocycles. The zero-order valence-electron chi connectivity index (χ0n) is 13.3. The van der Waals surface area contributed by atoms with Crippen molar-refractivity contribution in [1.82, 2.24) is 4.98 Å². The SMILES string of the molecule is CC(C)[Si](CCc1ccc(O)cn1)(C(C)C)C(C)C. The van der Waals surface area contributed by atoms with Gasteiger partial charge < -0.3 is 5.11 Å². The fraction of sp³-hybridized carbons (Fsp3) is 0.688. The number of nitrogens with zero attached hydrogens (tertiary/aromatic N) is 1. The number of pyridine rings is 1. The first-order valence-electron chi connectivity index (χ1n) is 7.44. The number of hydrogen-bond acceptors (Lipinski definition) is 2. The zero-order valence-corrected chi connectivity index (χ0v) is 14.3. The molecule has 0 aliphatic carbocycles. The van der Waals surface area contributed by atoms with Gasteiger partial charge in [0.1, 0.15) is 5.75 Å². The minimum absolute atomic E-state index is 0.254. The summed E-state index contributed by atoms with van der Waals surface area (Å²) in [5.74, 6) is 0.254. The third-order valence-corrected chi connectivity index (χ3v) is 12.4. The lowest BCUT2D eigenvalue weighted by Gasteiger charge is -2.43. The molecule has 0 aliphatic rings. The van der Waals surface area contributed by atoms with Gasteiger partial charge in [-0.05, 0) is 18.6 Å². The predicted molar refractivity (Wildman–Crippen MR) is 85.5 cm³/mol. The molecule has 3 heteroatoms. The zero-order chi connectivity index (χ0) is 14.6. The molecule has 0 saturated heterocycles. The molecule has 0 aliphatic heterocycles. The van der Waals surface area contributed by atoms with E-state index < -0.39 is 8.07 Å². The van der Waals surface area contributed by atoms with Crippen molar-refractivity contribution in [2.45, 2.75) is 70.6 Å². The number of aryl methyl sites for hydroxylation is 1. The van der Waals surface area contributed by atoms with E-state index in [0.717, 1.165) is 28.7 Å². The van der Waals surface area contributed by atoms with Gasteiger partial charge in [0.15, 0.2) is 0 Å². The van der Waals surface area contributed by atoms with Crippen LogP contribution in [0.3, 0.4) is 0 Å². The lowest BCUT2D eigenvalue weighted by atomic mass is 10.3. The second kappa shape index (κ2) is 6.55. The van der Waals surface area contributed by atoms with Gasteiger partial charge in [0.25, 0.3) is 0 Å². The molecule has 1 heterocycles. The van der Waals surface area contributed by atoms with Gasteiger partial charge in [-0.25, -0.2) is 0 Å². The maximum atomic E-state index is 9.30. The first-order chi connectivity index (χ1) is 8.80. The minimum atomic E-state index is -1.33. The van der Waals surface area contributed by atoms with Gasteiger partial charge in [-0.1, -0.05) is 64.2 Å². The Balaban J connectivity index is 2.87. The Morgan fingerprint density at radius 3 is 1.89 bits per heavy atom. The van der Waals surface area contributed by atoms with Crippen molar-refractivity contribution in [1.29, 1.82) is 0 Å². The van der Waals surface area contributed by atoms with Crippen molar-refractivity contribution >= 4 is 8.07 Å². The van der Waals surface area contributed by atoms with Crippen LogP contribution in [0.1, 0.15) is 47.2 Å². The summed E-state index contributed by atoms with van der Waals surface area (Å²) in [5.41, 5.74) is 3.50. The minimum Gasteiger partial charge on any atom is -0.506 e. The summed E-state index contributed by atoms with van der Waals surface area (Å²) < 4.78 is 0. The van der Waals surface area contributed by atoms with Gasteiger partial charge in [0.2, 0.25) is 0 Å². The van der Waals surface area contributed by atoms with Crippen LogP contribution in [0.25, 0.3) is 0 Å². The fourth-order valence-electron chi connectivity index (χ4n) is 3.78. The monoisotopic (exact) mass is 279 g/mol. The van der Waals surface area contributed by atoms with Crippen molar-refractivity contribution in [3.05, 3.63) is 24.0 Å². The molecule has 0 fully saturated rings.